The molecule has 2 rings (SSSR count). The number of likely N-dealkylation sites (N-methyl/N-ethyl adjacent to an activating group) is 1. The second-order valence-corrected chi connectivity index (χ2v) is 7.64. The van der Waals surface area contributed by atoms with Crippen LogP contribution in [0, 0.1) is 0 Å². The van der Waals surface area contributed by atoms with Crippen molar-refractivity contribution in [2.75, 3.05) is 39.3 Å². The van der Waals surface area contributed by atoms with Gasteiger partial charge in [0.25, 0.3) is 0 Å². The third-order valence-electron chi connectivity index (χ3n) is 5.22. The van der Waals surface area contributed by atoms with Crippen molar-refractivity contribution in [1.29, 1.82) is 0 Å². The lowest BCUT2D eigenvalue weighted by atomic mass is 10.1. The van der Waals surface area contributed by atoms with E-state index in [4.69, 9.17) is 4.99 Å². The molecular formula is C22H40IN5. The molecule has 0 bridgehead atoms. The highest BCUT2D eigenvalue weighted by atomic mass is 127. The molecule has 1 aromatic rings. The molecule has 1 aromatic carbocycles. The van der Waals surface area contributed by atoms with Gasteiger partial charge < -0.3 is 10.6 Å². The van der Waals surface area contributed by atoms with Gasteiger partial charge >= 0.3 is 0 Å². The van der Waals surface area contributed by atoms with Crippen LogP contribution < -0.4 is 10.6 Å². The molecule has 2 N–H and O–H groups in total. The lowest BCUT2D eigenvalue weighted by molar-refractivity contribution is 0.237. The number of rotatable bonds is 10. The van der Waals surface area contributed by atoms with E-state index in [1.54, 1.807) is 0 Å². The Morgan fingerprint density at radius 2 is 1.71 bits per heavy atom. The van der Waals surface area contributed by atoms with E-state index in [0.29, 0.717) is 12.6 Å². The smallest absolute Gasteiger partial charge is 0.191 e. The first-order valence-electron chi connectivity index (χ1n) is 10.7. The van der Waals surface area contributed by atoms with Crippen LogP contribution in [0.2, 0.25) is 0 Å². The summed E-state index contributed by atoms with van der Waals surface area (Å²) >= 11 is 0. The van der Waals surface area contributed by atoms with Gasteiger partial charge in [-0.05, 0) is 64.4 Å². The molecule has 6 heteroatoms. The highest BCUT2D eigenvalue weighted by Gasteiger charge is 2.11. The molecule has 5 nitrogen and oxygen atoms in total. The van der Waals surface area contributed by atoms with Crippen LogP contribution in [0.15, 0.2) is 29.3 Å². The van der Waals surface area contributed by atoms with E-state index in [1.807, 2.05) is 0 Å². The summed E-state index contributed by atoms with van der Waals surface area (Å²) in [5.41, 5.74) is 2.66. The Morgan fingerprint density at radius 3 is 2.29 bits per heavy atom. The van der Waals surface area contributed by atoms with Crippen LogP contribution in [0.5, 0.6) is 0 Å². The second-order valence-electron chi connectivity index (χ2n) is 7.64. The van der Waals surface area contributed by atoms with Gasteiger partial charge in [0.15, 0.2) is 5.96 Å². The first kappa shape index (κ1) is 25.2. The van der Waals surface area contributed by atoms with Crippen molar-refractivity contribution >= 4 is 29.9 Å². The van der Waals surface area contributed by atoms with Gasteiger partial charge in [0.2, 0.25) is 0 Å². The first-order chi connectivity index (χ1) is 13.1. The molecule has 0 atom stereocenters. The Morgan fingerprint density at radius 1 is 1.07 bits per heavy atom. The molecule has 28 heavy (non-hydrogen) atoms. The van der Waals surface area contributed by atoms with E-state index in [1.165, 1.54) is 37.1 Å². The van der Waals surface area contributed by atoms with Gasteiger partial charge in [0.1, 0.15) is 0 Å². The van der Waals surface area contributed by atoms with Gasteiger partial charge in [0, 0.05) is 32.2 Å². The van der Waals surface area contributed by atoms with Crippen LogP contribution in [0.4, 0.5) is 0 Å². The molecule has 0 spiro atoms. The van der Waals surface area contributed by atoms with Gasteiger partial charge in [-0.2, -0.15) is 0 Å². The second kappa shape index (κ2) is 14.2. The normalized spacial score (nSPS) is 15.1. The maximum Gasteiger partial charge on any atom is 0.191 e. The fourth-order valence-electron chi connectivity index (χ4n) is 3.56. The monoisotopic (exact) mass is 501 g/mol. The minimum atomic E-state index is 0. The molecule has 1 fully saturated rings. The first-order valence-corrected chi connectivity index (χ1v) is 10.7. The average molecular weight is 502 g/mol. The molecule has 1 aliphatic heterocycles. The third kappa shape index (κ3) is 9.09. The zero-order chi connectivity index (χ0) is 19.5. The quantitative estimate of drug-likeness (QED) is 0.292. The summed E-state index contributed by atoms with van der Waals surface area (Å²) in [5, 5.41) is 6.81. The van der Waals surface area contributed by atoms with Crippen molar-refractivity contribution in [2.24, 2.45) is 4.99 Å². The van der Waals surface area contributed by atoms with E-state index in [9.17, 15) is 0 Å². The fourth-order valence-corrected chi connectivity index (χ4v) is 3.56. The van der Waals surface area contributed by atoms with E-state index < -0.39 is 0 Å². The average Bonchev–Trinajstić information content (AvgIpc) is 3.17. The van der Waals surface area contributed by atoms with Crippen LogP contribution in [0.25, 0.3) is 0 Å². The van der Waals surface area contributed by atoms with E-state index in [2.05, 4.69) is 72.4 Å². The molecule has 160 valence electrons. The Hall–Kier alpha value is -0.860. The van der Waals surface area contributed by atoms with Crippen LogP contribution >= 0.6 is 24.0 Å². The molecule has 0 amide bonds. The van der Waals surface area contributed by atoms with E-state index in [-0.39, 0.29) is 24.0 Å². The number of nitrogens with one attached hydrogen (secondary N) is 2. The van der Waals surface area contributed by atoms with Crippen molar-refractivity contribution in [3.8, 4) is 0 Å². The highest BCUT2D eigenvalue weighted by Crippen LogP contribution is 2.13. The fraction of sp³-hybridized carbons (Fsp3) is 0.682. The van der Waals surface area contributed by atoms with Crippen molar-refractivity contribution in [3.05, 3.63) is 35.4 Å². The lowest BCUT2D eigenvalue weighted by Gasteiger charge is -2.25. The summed E-state index contributed by atoms with van der Waals surface area (Å²) in [6.07, 6.45) is 2.69. The van der Waals surface area contributed by atoms with Crippen molar-refractivity contribution in [1.82, 2.24) is 20.4 Å². The molecule has 1 saturated heterocycles. The summed E-state index contributed by atoms with van der Waals surface area (Å²) in [5.74, 6) is 0.901. The largest absolute Gasteiger partial charge is 0.357 e. The summed E-state index contributed by atoms with van der Waals surface area (Å²) in [4.78, 5) is 9.74. The maximum absolute atomic E-state index is 4.75. The molecular weight excluding hydrogens is 461 g/mol. The van der Waals surface area contributed by atoms with Gasteiger partial charge in [-0.1, -0.05) is 31.2 Å². The van der Waals surface area contributed by atoms with Gasteiger partial charge in [0.05, 0.1) is 6.54 Å². The Bertz CT molecular complexity index is 553. The van der Waals surface area contributed by atoms with E-state index >= 15 is 0 Å². The zero-order valence-electron chi connectivity index (χ0n) is 18.2. The Labute approximate surface area is 189 Å². The van der Waals surface area contributed by atoms with Gasteiger partial charge in [-0.3, -0.25) is 9.80 Å². The SMILES string of the molecule is CCNC(=NCc1ccc(CN2CCCC2)cc1)NCCN(CC)C(C)C.I. The number of hydrogen-bond acceptors (Lipinski definition) is 3. The molecule has 0 radical (unpaired) electrons. The molecule has 1 heterocycles. The van der Waals surface area contributed by atoms with Crippen molar-refractivity contribution in [3.63, 3.8) is 0 Å². The highest BCUT2D eigenvalue weighted by molar-refractivity contribution is 14.0. The van der Waals surface area contributed by atoms with E-state index in [0.717, 1.165) is 38.7 Å². The number of aliphatic imine (C=N–C) groups is 1. The van der Waals surface area contributed by atoms with Crippen LogP contribution in [-0.4, -0.2) is 61.1 Å². The minimum Gasteiger partial charge on any atom is -0.357 e. The molecule has 0 aliphatic carbocycles. The summed E-state index contributed by atoms with van der Waals surface area (Å²) in [7, 11) is 0. The molecule has 1 aliphatic rings. The number of halogens is 1. The predicted molar refractivity (Wildman–Crippen MR) is 132 cm³/mol. The molecule has 0 aromatic heterocycles. The predicted octanol–water partition coefficient (Wildman–Crippen LogP) is 3.69. The number of benzene rings is 1. The Balaban J connectivity index is 0.00000392. The van der Waals surface area contributed by atoms with Gasteiger partial charge in [-0.15, -0.1) is 24.0 Å². The van der Waals surface area contributed by atoms with Gasteiger partial charge in [-0.25, -0.2) is 4.99 Å². The number of hydrogen-bond donors (Lipinski definition) is 2. The van der Waals surface area contributed by atoms with Crippen LogP contribution in [0.3, 0.4) is 0 Å². The minimum absolute atomic E-state index is 0. The summed E-state index contributed by atoms with van der Waals surface area (Å²) in [6.45, 7) is 17.0. The number of nitrogens with zero attached hydrogens (tertiary/aromatic N) is 3. The Kier molecular flexibility index (Phi) is 12.7. The standard InChI is InChI=1S/C22H39N5.HI/c1-5-23-22(24-13-16-27(6-2)19(3)4)25-17-20-9-11-21(12-10-20)18-26-14-7-8-15-26;/h9-12,19H,5-8,13-18H2,1-4H3,(H2,23,24,25);1H. The van der Waals surface area contributed by atoms with Crippen molar-refractivity contribution < 1.29 is 0 Å². The summed E-state index contributed by atoms with van der Waals surface area (Å²) in [6, 6.07) is 9.53. The number of guanidine groups is 1. The number of likely N-dealkylation sites (tertiary alicyclic amines) is 1. The lowest BCUT2D eigenvalue weighted by Crippen LogP contribution is -2.43. The molecule has 0 unspecified atom stereocenters. The molecule has 0 saturated carbocycles. The zero-order valence-corrected chi connectivity index (χ0v) is 20.5. The maximum atomic E-state index is 4.75. The summed E-state index contributed by atoms with van der Waals surface area (Å²) < 4.78 is 0. The topological polar surface area (TPSA) is 42.9 Å². The third-order valence-corrected chi connectivity index (χ3v) is 5.22. The van der Waals surface area contributed by atoms with Crippen molar-refractivity contribution in [2.45, 2.75) is 59.7 Å². The van der Waals surface area contributed by atoms with Crippen LogP contribution in [-0.2, 0) is 13.1 Å². The van der Waals surface area contributed by atoms with Crippen LogP contribution in [0.1, 0.15) is 51.7 Å².